The molecule has 1 aliphatic rings. The Hall–Kier alpha value is -0.670. The van der Waals surface area contributed by atoms with Crippen molar-refractivity contribution < 1.29 is 8.78 Å². The van der Waals surface area contributed by atoms with Gasteiger partial charge in [0.2, 0.25) is 0 Å². The molecule has 0 heterocycles. The molecule has 1 nitrogen and oxygen atoms in total. The summed E-state index contributed by atoms with van der Waals surface area (Å²) in [4.78, 5) is 1.81. The van der Waals surface area contributed by atoms with E-state index in [1.807, 2.05) is 0 Å². The molecule has 4 heteroatoms. The summed E-state index contributed by atoms with van der Waals surface area (Å²) in [6, 6.07) is 8.30. The molecule has 17 heavy (non-hydrogen) atoms. The summed E-state index contributed by atoms with van der Waals surface area (Å²) in [6.07, 6.45) is 2.03. The minimum absolute atomic E-state index is 0.0835. The highest BCUT2D eigenvalue weighted by molar-refractivity contribution is 6.18. The van der Waals surface area contributed by atoms with Crippen molar-refractivity contribution in [3.05, 3.63) is 35.9 Å². The standard InChI is InChI=1S/C13H16ClF2N/c14-8-9-17(12-6-7-12)10-13(15,16)11-4-2-1-3-5-11/h1-5,12H,6-10H2. The van der Waals surface area contributed by atoms with E-state index < -0.39 is 5.92 Å². The van der Waals surface area contributed by atoms with Crippen LogP contribution in [0.4, 0.5) is 8.78 Å². The highest BCUT2D eigenvalue weighted by Gasteiger charge is 2.38. The molecule has 0 spiro atoms. The van der Waals surface area contributed by atoms with Crippen LogP contribution >= 0.6 is 11.6 Å². The van der Waals surface area contributed by atoms with Crippen LogP contribution in [0.1, 0.15) is 18.4 Å². The number of benzene rings is 1. The molecule has 1 aromatic carbocycles. The number of rotatable bonds is 6. The molecule has 0 aliphatic heterocycles. The second-order valence-electron chi connectivity index (χ2n) is 4.46. The van der Waals surface area contributed by atoms with Crippen molar-refractivity contribution in [2.45, 2.75) is 24.8 Å². The smallest absolute Gasteiger partial charge is 0.285 e. The summed E-state index contributed by atoms with van der Waals surface area (Å²) in [6.45, 7) is 0.309. The van der Waals surface area contributed by atoms with Crippen LogP contribution in [0.3, 0.4) is 0 Å². The van der Waals surface area contributed by atoms with Gasteiger partial charge in [0.05, 0.1) is 6.54 Å². The summed E-state index contributed by atoms with van der Waals surface area (Å²) in [5.74, 6) is -2.39. The van der Waals surface area contributed by atoms with Gasteiger partial charge in [-0.25, -0.2) is 0 Å². The summed E-state index contributed by atoms with van der Waals surface area (Å²) < 4.78 is 28.1. The van der Waals surface area contributed by atoms with Crippen LogP contribution in [0.15, 0.2) is 30.3 Å². The fourth-order valence-corrected chi connectivity index (χ4v) is 2.18. The van der Waals surface area contributed by atoms with Gasteiger partial charge < -0.3 is 0 Å². The Balaban J connectivity index is 2.04. The Labute approximate surface area is 105 Å². The first-order valence-corrected chi connectivity index (χ1v) is 6.40. The SMILES string of the molecule is FC(F)(CN(CCCl)C1CC1)c1ccccc1. The van der Waals surface area contributed by atoms with Gasteiger partial charge in [-0.05, 0) is 12.8 Å². The topological polar surface area (TPSA) is 3.24 Å². The number of hydrogen-bond acceptors (Lipinski definition) is 1. The fourth-order valence-electron chi connectivity index (χ4n) is 1.97. The average Bonchev–Trinajstić information content (AvgIpc) is 3.13. The molecular weight excluding hydrogens is 244 g/mol. The predicted molar refractivity (Wildman–Crippen MR) is 65.7 cm³/mol. The third-order valence-corrected chi connectivity index (χ3v) is 3.20. The lowest BCUT2D eigenvalue weighted by Gasteiger charge is -2.26. The maximum absolute atomic E-state index is 14.0. The van der Waals surface area contributed by atoms with E-state index in [1.54, 1.807) is 23.1 Å². The van der Waals surface area contributed by atoms with Crippen molar-refractivity contribution in [2.75, 3.05) is 19.0 Å². The maximum atomic E-state index is 14.0. The van der Waals surface area contributed by atoms with Crippen molar-refractivity contribution in [3.63, 3.8) is 0 Å². The number of hydrogen-bond donors (Lipinski definition) is 0. The Morgan fingerprint density at radius 1 is 1.24 bits per heavy atom. The molecule has 94 valence electrons. The average molecular weight is 260 g/mol. The van der Waals surface area contributed by atoms with Crippen LogP contribution in [0.2, 0.25) is 0 Å². The third-order valence-electron chi connectivity index (χ3n) is 3.03. The molecule has 0 saturated heterocycles. The number of nitrogens with zero attached hydrogens (tertiary/aromatic N) is 1. The van der Waals surface area contributed by atoms with Gasteiger partial charge >= 0.3 is 0 Å². The van der Waals surface area contributed by atoms with Gasteiger partial charge in [-0.15, -0.1) is 11.6 Å². The van der Waals surface area contributed by atoms with Crippen LogP contribution in [-0.2, 0) is 5.92 Å². The first-order chi connectivity index (χ1) is 8.13. The van der Waals surface area contributed by atoms with Crippen molar-refractivity contribution in [1.82, 2.24) is 4.90 Å². The molecule has 0 unspecified atom stereocenters. The van der Waals surface area contributed by atoms with E-state index >= 15 is 0 Å². The first-order valence-electron chi connectivity index (χ1n) is 5.87. The second-order valence-corrected chi connectivity index (χ2v) is 4.84. The Morgan fingerprint density at radius 2 is 1.88 bits per heavy atom. The summed E-state index contributed by atoms with van der Waals surface area (Å²) in [5.41, 5.74) is 0.0835. The Morgan fingerprint density at radius 3 is 2.41 bits per heavy atom. The monoisotopic (exact) mass is 259 g/mol. The highest BCUT2D eigenvalue weighted by Crippen LogP contribution is 2.34. The molecule has 1 aromatic rings. The van der Waals surface area contributed by atoms with Gasteiger partial charge in [0.15, 0.2) is 0 Å². The molecule has 1 fully saturated rings. The van der Waals surface area contributed by atoms with E-state index in [9.17, 15) is 8.78 Å². The van der Waals surface area contributed by atoms with E-state index in [0.717, 1.165) is 12.8 Å². The van der Waals surface area contributed by atoms with Crippen molar-refractivity contribution >= 4 is 11.6 Å². The number of halogens is 3. The van der Waals surface area contributed by atoms with Gasteiger partial charge in [-0.2, -0.15) is 8.78 Å². The Kier molecular flexibility index (Phi) is 4.00. The molecule has 0 radical (unpaired) electrons. The third kappa shape index (κ3) is 3.39. The van der Waals surface area contributed by atoms with Crippen LogP contribution in [0.5, 0.6) is 0 Å². The lowest BCUT2D eigenvalue weighted by molar-refractivity contribution is -0.0387. The molecule has 0 amide bonds. The predicted octanol–water partition coefficient (Wildman–Crippen LogP) is 3.48. The largest absolute Gasteiger partial charge is 0.293 e. The van der Waals surface area contributed by atoms with E-state index in [4.69, 9.17) is 11.6 Å². The van der Waals surface area contributed by atoms with Crippen LogP contribution in [0.25, 0.3) is 0 Å². The van der Waals surface area contributed by atoms with Crippen molar-refractivity contribution in [3.8, 4) is 0 Å². The lowest BCUT2D eigenvalue weighted by Crippen LogP contribution is -2.38. The van der Waals surface area contributed by atoms with Crippen molar-refractivity contribution in [2.24, 2.45) is 0 Å². The molecular formula is C13H16ClF2N. The van der Waals surface area contributed by atoms with Crippen LogP contribution < -0.4 is 0 Å². The number of alkyl halides is 3. The maximum Gasteiger partial charge on any atom is 0.285 e. The minimum atomic E-state index is -2.80. The zero-order valence-corrected chi connectivity index (χ0v) is 10.3. The molecule has 1 aliphatic carbocycles. The van der Waals surface area contributed by atoms with E-state index in [-0.39, 0.29) is 12.1 Å². The zero-order chi connectivity index (χ0) is 12.3. The molecule has 0 atom stereocenters. The van der Waals surface area contributed by atoms with Crippen LogP contribution in [0, 0.1) is 0 Å². The van der Waals surface area contributed by atoms with E-state index in [2.05, 4.69) is 0 Å². The van der Waals surface area contributed by atoms with Gasteiger partial charge in [0.25, 0.3) is 5.92 Å². The molecule has 0 N–H and O–H groups in total. The summed E-state index contributed by atoms with van der Waals surface area (Å²) in [5, 5.41) is 0. The van der Waals surface area contributed by atoms with Crippen LogP contribution in [-0.4, -0.2) is 29.9 Å². The van der Waals surface area contributed by atoms with E-state index in [0.29, 0.717) is 18.5 Å². The second kappa shape index (κ2) is 5.32. The quantitative estimate of drug-likeness (QED) is 0.707. The fraction of sp³-hybridized carbons (Fsp3) is 0.538. The minimum Gasteiger partial charge on any atom is -0.293 e. The Bertz CT molecular complexity index is 352. The summed E-state index contributed by atoms with van der Waals surface area (Å²) in [7, 11) is 0. The summed E-state index contributed by atoms with van der Waals surface area (Å²) >= 11 is 5.66. The van der Waals surface area contributed by atoms with Gasteiger partial charge in [-0.1, -0.05) is 30.3 Å². The molecule has 1 saturated carbocycles. The molecule has 2 rings (SSSR count). The lowest BCUT2D eigenvalue weighted by atomic mass is 10.1. The molecule has 0 aromatic heterocycles. The van der Waals surface area contributed by atoms with Gasteiger partial charge in [-0.3, -0.25) is 4.90 Å². The van der Waals surface area contributed by atoms with Gasteiger partial charge in [0, 0.05) is 24.0 Å². The van der Waals surface area contributed by atoms with E-state index in [1.165, 1.54) is 12.1 Å². The van der Waals surface area contributed by atoms with Crippen molar-refractivity contribution in [1.29, 1.82) is 0 Å². The zero-order valence-electron chi connectivity index (χ0n) is 9.58. The molecule has 0 bridgehead atoms. The van der Waals surface area contributed by atoms with Gasteiger partial charge in [0.1, 0.15) is 0 Å². The highest BCUT2D eigenvalue weighted by atomic mass is 35.5. The normalized spacial score (nSPS) is 16.5. The first kappa shape index (κ1) is 12.8.